The quantitative estimate of drug-likeness (QED) is 0.200. The Morgan fingerprint density at radius 1 is 1.62 bits per heavy atom. The average Bonchev–Trinajstić information content (AvgIpc) is 2.26. The lowest BCUT2D eigenvalue weighted by Crippen LogP contribution is -1.89. The number of carbonyl (C=O) groups excluding carboxylic acids is 1. The minimum Gasteiger partial charge on any atom is -0.275 e. The molecule has 16 heavy (non-hydrogen) atoms. The van der Waals surface area contributed by atoms with Gasteiger partial charge in [0.25, 0.3) is 5.24 Å². The molecule has 0 unspecified atom stereocenters. The smallest absolute Gasteiger partial charge is 0.262 e. The fourth-order valence-corrected chi connectivity index (χ4v) is 1.12. The van der Waals surface area contributed by atoms with Gasteiger partial charge >= 0.3 is 0 Å². The summed E-state index contributed by atoms with van der Waals surface area (Å²) >= 11 is 5.18. The van der Waals surface area contributed by atoms with Crippen LogP contribution in [0.4, 0.5) is 5.69 Å². The van der Waals surface area contributed by atoms with E-state index in [1.807, 2.05) is 0 Å². The Labute approximate surface area is 96.2 Å². The lowest BCUT2D eigenvalue weighted by Gasteiger charge is -1.95. The molecule has 0 aliphatic rings. The van der Waals surface area contributed by atoms with E-state index in [9.17, 15) is 4.79 Å². The molecule has 78 valence electrons. The average molecular weight is 233 g/mol. The fourth-order valence-electron chi connectivity index (χ4n) is 1.03. The van der Waals surface area contributed by atoms with Crippen molar-refractivity contribution >= 4 is 28.6 Å². The maximum atomic E-state index is 10.8. The maximum Gasteiger partial charge on any atom is 0.262 e. The Morgan fingerprint density at radius 3 is 2.94 bits per heavy atom. The van der Waals surface area contributed by atoms with Crippen molar-refractivity contribution in [3.8, 4) is 6.07 Å². The van der Waals surface area contributed by atoms with Crippen molar-refractivity contribution in [3.63, 3.8) is 0 Å². The minimum atomic E-state index is -0.823. The molecule has 0 saturated carbocycles. The van der Waals surface area contributed by atoms with E-state index in [1.165, 1.54) is 12.1 Å². The number of azide groups is 1. The summed E-state index contributed by atoms with van der Waals surface area (Å²) in [5, 5.41) is 11.2. The molecule has 6 heteroatoms. The molecule has 0 bridgehead atoms. The summed E-state index contributed by atoms with van der Waals surface area (Å²) in [5.74, 6) is 0. The third-order valence-corrected chi connectivity index (χ3v) is 1.88. The van der Waals surface area contributed by atoms with Crippen molar-refractivity contribution in [2.75, 3.05) is 0 Å². The van der Waals surface area contributed by atoms with Gasteiger partial charge in [-0.05, 0) is 34.8 Å². The highest BCUT2D eigenvalue weighted by Crippen LogP contribution is 2.17. The van der Waals surface area contributed by atoms with E-state index in [4.69, 9.17) is 22.4 Å². The second-order valence-corrected chi connectivity index (χ2v) is 3.07. The number of nitrogens with zero attached hydrogens (tertiary/aromatic N) is 4. The van der Waals surface area contributed by atoms with Crippen LogP contribution in [-0.4, -0.2) is 5.24 Å². The summed E-state index contributed by atoms with van der Waals surface area (Å²) in [7, 11) is 0. The maximum absolute atomic E-state index is 10.8. The SMILES string of the molecule is N#CC(=Cc1cccc(N=[N+]=[N-])c1)C(=O)Cl. The van der Waals surface area contributed by atoms with Gasteiger partial charge in [-0.3, -0.25) is 4.79 Å². The molecule has 0 aliphatic carbocycles. The van der Waals surface area contributed by atoms with Crippen LogP contribution in [0.3, 0.4) is 0 Å². The summed E-state index contributed by atoms with van der Waals surface area (Å²) in [6.07, 6.45) is 1.33. The van der Waals surface area contributed by atoms with Crippen molar-refractivity contribution in [2.24, 2.45) is 5.11 Å². The largest absolute Gasteiger partial charge is 0.275 e. The first-order valence-electron chi connectivity index (χ1n) is 4.14. The zero-order chi connectivity index (χ0) is 12.0. The monoisotopic (exact) mass is 232 g/mol. The number of rotatable bonds is 3. The zero-order valence-corrected chi connectivity index (χ0v) is 8.72. The molecule has 1 aromatic carbocycles. The summed E-state index contributed by atoms with van der Waals surface area (Å²) < 4.78 is 0. The molecule has 0 saturated heterocycles. The Balaban J connectivity index is 3.15. The number of carbonyl (C=O) groups is 1. The van der Waals surface area contributed by atoms with Crippen LogP contribution in [0.5, 0.6) is 0 Å². The van der Waals surface area contributed by atoms with Gasteiger partial charge in [-0.25, -0.2) is 0 Å². The molecule has 0 fully saturated rings. The zero-order valence-electron chi connectivity index (χ0n) is 7.96. The van der Waals surface area contributed by atoms with E-state index in [1.54, 1.807) is 24.3 Å². The van der Waals surface area contributed by atoms with E-state index in [2.05, 4.69) is 10.0 Å². The van der Waals surface area contributed by atoms with E-state index in [0.29, 0.717) is 11.3 Å². The number of benzene rings is 1. The normalized spacial score (nSPS) is 10.1. The topological polar surface area (TPSA) is 89.6 Å². The first-order valence-corrected chi connectivity index (χ1v) is 4.52. The highest BCUT2D eigenvalue weighted by atomic mass is 35.5. The minimum absolute atomic E-state index is 0.167. The van der Waals surface area contributed by atoms with E-state index in [0.717, 1.165) is 0 Å². The molecule has 0 atom stereocenters. The van der Waals surface area contributed by atoms with Crippen LogP contribution in [0.15, 0.2) is 35.0 Å². The number of allylic oxidation sites excluding steroid dienone is 1. The van der Waals surface area contributed by atoms with Crippen molar-refractivity contribution < 1.29 is 4.79 Å². The fraction of sp³-hybridized carbons (Fsp3) is 0. The first kappa shape index (κ1) is 11.8. The summed E-state index contributed by atoms with van der Waals surface area (Å²) in [4.78, 5) is 13.4. The van der Waals surface area contributed by atoms with Crippen molar-refractivity contribution in [1.29, 1.82) is 5.26 Å². The van der Waals surface area contributed by atoms with Gasteiger partial charge in [-0.15, -0.1) is 0 Å². The second kappa shape index (κ2) is 5.56. The number of halogens is 1. The Bertz CT molecular complexity index is 538. The molecule has 0 radical (unpaired) electrons. The summed E-state index contributed by atoms with van der Waals surface area (Å²) in [5.41, 5.74) is 9.04. The number of nitriles is 1. The molecule has 0 aliphatic heterocycles. The van der Waals surface area contributed by atoms with Gasteiger partial charge < -0.3 is 0 Å². The van der Waals surface area contributed by atoms with Crippen molar-refractivity contribution in [1.82, 2.24) is 0 Å². The first-order chi connectivity index (χ1) is 7.67. The van der Waals surface area contributed by atoms with Crippen LogP contribution in [0.25, 0.3) is 16.5 Å². The Kier molecular flexibility index (Phi) is 4.10. The van der Waals surface area contributed by atoms with Gasteiger partial charge in [0.2, 0.25) is 0 Å². The van der Waals surface area contributed by atoms with E-state index >= 15 is 0 Å². The Morgan fingerprint density at radius 2 is 2.38 bits per heavy atom. The third kappa shape index (κ3) is 3.14. The third-order valence-electron chi connectivity index (χ3n) is 1.67. The number of hydrogen-bond acceptors (Lipinski definition) is 3. The van der Waals surface area contributed by atoms with Crippen LogP contribution in [0.1, 0.15) is 5.56 Å². The lowest BCUT2D eigenvalue weighted by molar-refractivity contribution is -0.108. The highest BCUT2D eigenvalue weighted by molar-refractivity contribution is 6.68. The van der Waals surface area contributed by atoms with Gasteiger partial charge in [0, 0.05) is 10.6 Å². The standard InChI is InChI=1S/C10H5ClN4O/c11-10(16)8(6-12)4-7-2-1-3-9(5-7)14-15-13/h1-5H. The van der Waals surface area contributed by atoms with Gasteiger partial charge in [0.05, 0.1) is 0 Å². The molecule has 0 heterocycles. The van der Waals surface area contributed by atoms with Crippen LogP contribution < -0.4 is 0 Å². The van der Waals surface area contributed by atoms with E-state index < -0.39 is 5.24 Å². The van der Waals surface area contributed by atoms with Crippen LogP contribution in [0, 0.1) is 11.3 Å². The predicted molar refractivity (Wildman–Crippen MR) is 59.7 cm³/mol. The predicted octanol–water partition coefficient (Wildman–Crippen LogP) is 3.30. The van der Waals surface area contributed by atoms with Crippen molar-refractivity contribution in [3.05, 3.63) is 45.8 Å². The van der Waals surface area contributed by atoms with Crippen LogP contribution in [-0.2, 0) is 4.79 Å². The molecule has 0 aromatic heterocycles. The summed E-state index contributed by atoms with van der Waals surface area (Å²) in [6.45, 7) is 0. The molecule has 1 rings (SSSR count). The van der Waals surface area contributed by atoms with Gasteiger partial charge in [-0.1, -0.05) is 23.3 Å². The van der Waals surface area contributed by atoms with Gasteiger partial charge in [0.15, 0.2) is 0 Å². The molecule has 1 aromatic rings. The highest BCUT2D eigenvalue weighted by Gasteiger charge is 2.04. The van der Waals surface area contributed by atoms with Gasteiger partial charge in [-0.2, -0.15) is 5.26 Å². The number of hydrogen-bond donors (Lipinski definition) is 0. The molecule has 0 amide bonds. The van der Waals surface area contributed by atoms with Crippen molar-refractivity contribution in [2.45, 2.75) is 0 Å². The molecule has 5 nitrogen and oxygen atoms in total. The Hall–Kier alpha value is -2.28. The van der Waals surface area contributed by atoms with Gasteiger partial charge in [0.1, 0.15) is 11.6 Å². The molecule has 0 N–H and O–H groups in total. The molecular formula is C10H5ClN4O. The second-order valence-electron chi connectivity index (χ2n) is 2.73. The summed E-state index contributed by atoms with van der Waals surface area (Å²) in [6, 6.07) is 8.12. The van der Waals surface area contributed by atoms with Crippen LogP contribution in [0.2, 0.25) is 0 Å². The molecule has 0 spiro atoms. The van der Waals surface area contributed by atoms with E-state index in [-0.39, 0.29) is 5.57 Å². The lowest BCUT2D eigenvalue weighted by atomic mass is 10.1. The van der Waals surface area contributed by atoms with Crippen LogP contribution >= 0.6 is 11.6 Å². The molecular weight excluding hydrogens is 228 g/mol.